The number of fused-ring (bicyclic) bond motifs is 3. The zero-order valence-electron chi connectivity index (χ0n) is 13.4. The van der Waals surface area contributed by atoms with Crippen LogP contribution in [0.1, 0.15) is 27.2 Å². The minimum absolute atomic E-state index is 0.0375. The summed E-state index contributed by atoms with van der Waals surface area (Å²) in [6, 6.07) is 5.97. The lowest BCUT2D eigenvalue weighted by molar-refractivity contribution is -0.0845. The predicted octanol–water partition coefficient (Wildman–Crippen LogP) is 3.19. The fourth-order valence-corrected chi connectivity index (χ4v) is 4.94. The molecule has 0 amide bonds. The Morgan fingerprint density at radius 2 is 2.04 bits per heavy atom. The van der Waals surface area contributed by atoms with Gasteiger partial charge in [-0.1, -0.05) is 13.8 Å². The van der Waals surface area contributed by atoms with Crippen LogP contribution in [0.15, 0.2) is 29.4 Å². The second-order valence-electron chi connectivity index (χ2n) is 7.50. The molecule has 1 aromatic rings. The molecule has 0 radical (unpaired) electrons. The average molecular weight is 333 g/mol. The third-order valence-electron chi connectivity index (χ3n) is 5.88. The van der Waals surface area contributed by atoms with Crippen LogP contribution in [0.4, 0.5) is 10.1 Å². The monoisotopic (exact) mass is 333 g/mol. The molecule has 1 heterocycles. The molecule has 4 rings (SSSR count). The van der Waals surface area contributed by atoms with Gasteiger partial charge in [-0.15, -0.1) is 0 Å². The molecule has 4 atom stereocenters. The summed E-state index contributed by atoms with van der Waals surface area (Å²) in [5, 5.41) is 20.7. The molecule has 2 unspecified atom stereocenters. The maximum Gasteiger partial charge on any atom is 0.196 e. The highest BCUT2D eigenvalue weighted by Gasteiger charge is 2.75. The first-order chi connectivity index (χ1) is 10.7. The Morgan fingerprint density at radius 3 is 2.70 bits per heavy atom. The number of anilines is 1. The van der Waals surface area contributed by atoms with Crippen LogP contribution >= 0.6 is 12.2 Å². The van der Waals surface area contributed by atoms with Gasteiger partial charge in [-0.25, -0.2) is 9.40 Å². The van der Waals surface area contributed by atoms with Crippen molar-refractivity contribution in [2.24, 2.45) is 28.3 Å². The molecule has 1 aromatic carbocycles. The van der Waals surface area contributed by atoms with Gasteiger partial charge in [-0.3, -0.25) is 0 Å². The number of nitrogens with one attached hydrogen (secondary N) is 1. The zero-order chi connectivity index (χ0) is 16.6. The Hall–Kier alpha value is -1.53. The van der Waals surface area contributed by atoms with Crippen molar-refractivity contribution in [3.8, 4) is 0 Å². The molecule has 3 aliphatic rings. The normalized spacial score (nSPS) is 36.3. The highest BCUT2D eigenvalue weighted by atomic mass is 32.1. The van der Waals surface area contributed by atoms with Gasteiger partial charge in [-0.2, -0.15) is 5.10 Å². The average Bonchev–Trinajstić information content (AvgIpc) is 2.79. The van der Waals surface area contributed by atoms with Gasteiger partial charge < -0.3 is 10.4 Å². The molecule has 2 N–H and O–H groups in total. The van der Waals surface area contributed by atoms with Gasteiger partial charge in [-0.05, 0) is 60.7 Å². The molecule has 0 aromatic heterocycles. The van der Waals surface area contributed by atoms with Crippen LogP contribution in [-0.2, 0) is 0 Å². The van der Waals surface area contributed by atoms with E-state index in [1.165, 1.54) is 12.1 Å². The van der Waals surface area contributed by atoms with Gasteiger partial charge >= 0.3 is 0 Å². The summed E-state index contributed by atoms with van der Waals surface area (Å²) in [7, 11) is 0. The maximum atomic E-state index is 13.0. The smallest absolute Gasteiger partial charge is 0.196 e. The molecule has 0 bridgehead atoms. The topological polar surface area (TPSA) is 47.9 Å². The van der Waals surface area contributed by atoms with Crippen molar-refractivity contribution >= 4 is 28.7 Å². The fourth-order valence-electron chi connectivity index (χ4n) is 4.63. The van der Waals surface area contributed by atoms with E-state index in [0.717, 1.165) is 5.71 Å². The third-order valence-corrected chi connectivity index (χ3v) is 6.15. The standard InChI is InChI=1S/C17H20FN3OS/c1-9-13-14-12(16(14,2)3)8-17(13,22)21(20-9)15(23)19-11-6-4-10(18)5-7-11/h4-7,12-14,22H,8H2,1-3H3,(H,19,23)/t12-,13?,14-,17?/m1/s1. The number of aliphatic hydroxyl groups is 1. The quantitative estimate of drug-likeness (QED) is 0.775. The second kappa shape index (κ2) is 4.51. The van der Waals surface area contributed by atoms with Crippen molar-refractivity contribution in [2.75, 3.05) is 5.32 Å². The van der Waals surface area contributed by atoms with Crippen molar-refractivity contribution in [1.82, 2.24) is 5.01 Å². The van der Waals surface area contributed by atoms with Crippen LogP contribution in [0.3, 0.4) is 0 Å². The molecule has 122 valence electrons. The molecule has 2 saturated carbocycles. The second-order valence-corrected chi connectivity index (χ2v) is 7.89. The molecule has 2 fully saturated rings. The Balaban J connectivity index is 1.56. The van der Waals surface area contributed by atoms with E-state index in [1.807, 2.05) is 6.92 Å². The molecule has 0 saturated heterocycles. The van der Waals surface area contributed by atoms with Crippen LogP contribution in [0.5, 0.6) is 0 Å². The minimum atomic E-state index is -1.03. The predicted molar refractivity (Wildman–Crippen MR) is 91.4 cm³/mol. The number of rotatable bonds is 1. The van der Waals surface area contributed by atoms with Gasteiger partial charge in [0.25, 0.3) is 0 Å². The summed E-state index contributed by atoms with van der Waals surface area (Å²) < 4.78 is 13.0. The first-order valence-electron chi connectivity index (χ1n) is 7.89. The summed E-state index contributed by atoms with van der Waals surface area (Å²) in [6.07, 6.45) is 0.682. The number of halogens is 1. The molecular formula is C17H20FN3OS. The van der Waals surface area contributed by atoms with Gasteiger partial charge in [0, 0.05) is 17.8 Å². The van der Waals surface area contributed by atoms with Gasteiger partial charge in [0.15, 0.2) is 10.8 Å². The maximum absolute atomic E-state index is 13.0. The summed E-state index contributed by atoms with van der Waals surface area (Å²) in [4.78, 5) is 0. The number of hydrogen-bond acceptors (Lipinski definition) is 3. The van der Waals surface area contributed by atoms with Gasteiger partial charge in [0.2, 0.25) is 0 Å². The minimum Gasteiger partial charge on any atom is -0.368 e. The Kier molecular flexibility index (Phi) is 2.95. The summed E-state index contributed by atoms with van der Waals surface area (Å²) in [5.41, 5.74) is 0.864. The van der Waals surface area contributed by atoms with Crippen molar-refractivity contribution in [3.05, 3.63) is 30.1 Å². The van der Waals surface area contributed by atoms with E-state index in [1.54, 1.807) is 17.1 Å². The molecule has 1 aliphatic heterocycles. The Morgan fingerprint density at radius 1 is 1.39 bits per heavy atom. The summed E-state index contributed by atoms with van der Waals surface area (Å²) >= 11 is 5.44. The van der Waals surface area contributed by atoms with Crippen molar-refractivity contribution in [2.45, 2.75) is 32.9 Å². The summed E-state index contributed by atoms with van der Waals surface area (Å²) in [6.45, 7) is 6.48. The van der Waals surface area contributed by atoms with Crippen LogP contribution in [0.25, 0.3) is 0 Å². The Bertz CT molecular complexity index is 717. The molecule has 23 heavy (non-hydrogen) atoms. The van der Waals surface area contributed by atoms with E-state index in [-0.39, 0.29) is 17.2 Å². The summed E-state index contributed by atoms with van der Waals surface area (Å²) in [5.74, 6) is 0.720. The van der Waals surface area contributed by atoms with E-state index >= 15 is 0 Å². The number of benzene rings is 1. The van der Waals surface area contributed by atoms with E-state index in [4.69, 9.17) is 12.2 Å². The van der Waals surface area contributed by atoms with Crippen LogP contribution in [-0.4, -0.2) is 26.7 Å². The third kappa shape index (κ3) is 1.97. The number of thiocarbonyl (C=S) groups is 1. The zero-order valence-corrected chi connectivity index (χ0v) is 14.2. The molecular weight excluding hydrogens is 313 g/mol. The first kappa shape index (κ1) is 15.0. The lowest BCUT2D eigenvalue weighted by atomic mass is 9.84. The SMILES string of the molecule is CC1=NN(C(=S)Nc2ccc(F)cc2)C2(O)C[C@@H]3[C@H](C12)C3(C)C. The fraction of sp³-hybridized carbons (Fsp3) is 0.529. The highest BCUT2D eigenvalue weighted by Crippen LogP contribution is 2.73. The molecule has 6 heteroatoms. The van der Waals surface area contributed by atoms with E-state index in [0.29, 0.717) is 29.1 Å². The van der Waals surface area contributed by atoms with Crippen molar-refractivity contribution < 1.29 is 9.50 Å². The van der Waals surface area contributed by atoms with Crippen LogP contribution < -0.4 is 5.32 Å². The van der Waals surface area contributed by atoms with Crippen LogP contribution in [0, 0.1) is 29.0 Å². The molecule has 4 nitrogen and oxygen atoms in total. The highest BCUT2D eigenvalue weighted by molar-refractivity contribution is 7.80. The number of hydrazone groups is 1. The Labute approximate surface area is 140 Å². The largest absolute Gasteiger partial charge is 0.368 e. The molecule has 0 spiro atoms. The number of hydrogen-bond donors (Lipinski definition) is 2. The van der Waals surface area contributed by atoms with E-state index < -0.39 is 5.72 Å². The van der Waals surface area contributed by atoms with Crippen molar-refractivity contribution in [3.63, 3.8) is 0 Å². The lowest BCUT2D eigenvalue weighted by Gasteiger charge is -2.36. The van der Waals surface area contributed by atoms with Crippen LogP contribution in [0.2, 0.25) is 0 Å². The van der Waals surface area contributed by atoms with E-state index in [9.17, 15) is 9.50 Å². The lowest BCUT2D eigenvalue weighted by Crippen LogP contribution is -2.51. The van der Waals surface area contributed by atoms with E-state index in [2.05, 4.69) is 24.3 Å². The van der Waals surface area contributed by atoms with Gasteiger partial charge in [0.1, 0.15) is 5.82 Å². The molecule has 2 aliphatic carbocycles. The first-order valence-corrected chi connectivity index (χ1v) is 8.30. The van der Waals surface area contributed by atoms with Gasteiger partial charge in [0.05, 0.1) is 5.92 Å². The van der Waals surface area contributed by atoms with Crippen molar-refractivity contribution in [1.29, 1.82) is 0 Å². The number of nitrogens with zero attached hydrogens (tertiary/aromatic N) is 2.